The van der Waals surface area contributed by atoms with Crippen LogP contribution in [-0.4, -0.2) is 18.9 Å². The maximum atomic E-state index is 13.5. The van der Waals surface area contributed by atoms with Gasteiger partial charge in [-0.2, -0.15) is 0 Å². The van der Waals surface area contributed by atoms with Gasteiger partial charge < -0.3 is 9.88 Å². The van der Waals surface area contributed by atoms with E-state index in [9.17, 15) is 17.6 Å². The van der Waals surface area contributed by atoms with E-state index in [0.29, 0.717) is 27.2 Å². The van der Waals surface area contributed by atoms with Crippen molar-refractivity contribution in [1.29, 1.82) is 0 Å². The highest BCUT2D eigenvalue weighted by Crippen LogP contribution is 2.28. The fourth-order valence-electron chi connectivity index (χ4n) is 3.59. The zero-order valence-electron chi connectivity index (χ0n) is 17.2. The van der Waals surface area contributed by atoms with Crippen molar-refractivity contribution in [3.8, 4) is 0 Å². The summed E-state index contributed by atoms with van der Waals surface area (Å²) in [5.74, 6) is -1.15. The Morgan fingerprint density at radius 3 is 2.62 bits per heavy atom. The average molecular weight is 471 g/mol. The second-order valence-corrected chi connectivity index (χ2v) is 9.93. The molecule has 1 N–H and O–H groups in total. The minimum Gasteiger partial charge on any atom is -0.337 e. The lowest BCUT2D eigenvalue weighted by Gasteiger charge is -2.10. The van der Waals surface area contributed by atoms with Gasteiger partial charge in [0.1, 0.15) is 12.4 Å². The minimum atomic E-state index is -3.78. The molecule has 0 spiro atoms. The van der Waals surface area contributed by atoms with Crippen molar-refractivity contribution in [2.75, 3.05) is 5.32 Å². The second-order valence-electron chi connectivity index (χ2n) is 7.53. The SMILES string of the molecule is Cc1ccc(Cl)cc1NC(=O)Cn1cc(S(=O)(=O)Cc2cccc(F)c2)c2ccccc21. The standard InChI is InChI=1S/C24H20ClFN2O3S/c1-16-9-10-18(25)12-21(16)27-24(29)14-28-13-23(20-7-2-3-8-22(20)28)32(30,31)15-17-5-4-6-19(26)11-17/h2-13H,14-15H2,1H3,(H,27,29). The summed E-state index contributed by atoms with van der Waals surface area (Å²) >= 11 is 6.02. The molecule has 1 amide bonds. The number of fused-ring (bicyclic) bond motifs is 1. The van der Waals surface area contributed by atoms with Gasteiger partial charge in [-0.15, -0.1) is 0 Å². The summed E-state index contributed by atoms with van der Waals surface area (Å²) in [6, 6.07) is 17.7. The van der Waals surface area contributed by atoms with Crippen LogP contribution in [0.25, 0.3) is 10.9 Å². The number of aryl methyl sites for hydroxylation is 1. The maximum Gasteiger partial charge on any atom is 0.244 e. The molecule has 8 heteroatoms. The first-order chi connectivity index (χ1) is 15.2. The number of sulfone groups is 1. The molecule has 1 heterocycles. The molecule has 0 saturated heterocycles. The average Bonchev–Trinajstić information content (AvgIpc) is 3.10. The Bertz CT molecular complexity index is 1430. The molecule has 4 aromatic rings. The van der Waals surface area contributed by atoms with Gasteiger partial charge in [-0.05, 0) is 48.4 Å². The number of aromatic nitrogens is 1. The van der Waals surface area contributed by atoms with E-state index in [4.69, 9.17) is 11.6 Å². The summed E-state index contributed by atoms with van der Waals surface area (Å²) in [4.78, 5) is 12.8. The second kappa shape index (κ2) is 8.76. The van der Waals surface area contributed by atoms with Gasteiger partial charge in [0.2, 0.25) is 5.91 Å². The predicted molar refractivity (Wildman–Crippen MR) is 124 cm³/mol. The molecule has 0 aliphatic heterocycles. The third-order valence-electron chi connectivity index (χ3n) is 5.12. The molecular weight excluding hydrogens is 451 g/mol. The number of benzene rings is 3. The number of amides is 1. The highest BCUT2D eigenvalue weighted by Gasteiger charge is 2.22. The van der Waals surface area contributed by atoms with Crippen molar-refractivity contribution in [1.82, 2.24) is 4.57 Å². The maximum absolute atomic E-state index is 13.5. The van der Waals surface area contributed by atoms with Crippen LogP contribution >= 0.6 is 11.6 Å². The van der Waals surface area contributed by atoms with Gasteiger partial charge >= 0.3 is 0 Å². The van der Waals surface area contributed by atoms with Crippen molar-refractivity contribution >= 4 is 43.9 Å². The first kappa shape index (κ1) is 22.0. The zero-order chi connectivity index (χ0) is 22.9. The number of anilines is 1. The van der Waals surface area contributed by atoms with Crippen LogP contribution in [0.15, 0.2) is 77.8 Å². The van der Waals surface area contributed by atoms with E-state index in [-0.39, 0.29) is 23.1 Å². The topological polar surface area (TPSA) is 68.2 Å². The van der Waals surface area contributed by atoms with E-state index in [1.807, 2.05) is 6.92 Å². The molecule has 0 aliphatic rings. The summed E-state index contributed by atoms with van der Waals surface area (Å²) in [6.07, 6.45) is 1.46. The number of nitrogens with one attached hydrogen (secondary N) is 1. The highest BCUT2D eigenvalue weighted by molar-refractivity contribution is 7.90. The van der Waals surface area contributed by atoms with Crippen LogP contribution in [0, 0.1) is 12.7 Å². The van der Waals surface area contributed by atoms with Gasteiger partial charge in [0.25, 0.3) is 0 Å². The Balaban J connectivity index is 1.65. The number of rotatable bonds is 6. The summed E-state index contributed by atoms with van der Waals surface area (Å²) in [7, 11) is -3.78. The number of carbonyl (C=O) groups is 1. The van der Waals surface area contributed by atoms with Crippen molar-refractivity contribution in [3.63, 3.8) is 0 Å². The molecule has 4 rings (SSSR count). The Kier molecular flexibility index (Phi) is 6.04. The molecule has 0 saturated carbocycles. The van der Waals surface area contributed by atoms with Crippen LogP contribution in [0.3, 0.4) is 0 Å². The lowest BCUT2D eigenvalue weighted by molar-refractivity contribution is -0.116. The van der Waals surface area contributed by atoms with Gasteiger partial charge in [0.05, 0.1) is 10.6 Å². The smallest absolute Gasteiger partial charge is 0.244 e. The first-order valence-corrected chi connectivity index (χ1v) is 11.9. The summed E-state index contributed by atoms with van der Waals surface area (Å²) in [5, 5.41) is 3.84. The number of halogens is 2. The Labute approximate surface area is 190 Å². The summed E-state index contributed by atoms with van der Waals surface area (Å²) in [6.45, 7) is 1.77. The Morgan fingerprint density at radius 1 is 1.06 bits per heavy atom. The van der Waals surface area contributed by atoms with E-state index in [1.165, 1.54) is 24.4 Å². The molecule has 0 unspecified atom stereocenters. The van der Waals surface area contributed by atoms with Crippen molar-refractivity contribution in [2.24, 2.45) is 0 Å². The van der Waals surface area contributed by atoms with Gasteiger partial charge in [-0.1, -0.05) is 48.0 Å². The largest absolute Gasteiger partial charge is 0.337 e. The third-order valence-corrected chi connectivity index (χ3v) is 7.06. The highest BCUT2D eigenvalue weighted by atomic mass is 35.5. The van der Waals surface area contributed by atoms with E-state index < -0.39 is 15.7 Å². The van der Waals surface area contributed by atoms with Crippen LogP contribution < -0.4 is 5.32 Å². The molecule has 164 valence electrons. The number of para-hydroxylation sites is 1. The molecule has 0 radical (unpaired) electrons. The van der Waals surface area contributed by atoms with Gasteiger partial charge in [0, 0.05) is 27.8 Å². The fraction of sp³-hybridized carbons (Fsp3) is 0.125. The van der Waals surface area contributed by atoms with Crippen molar-refractivity contribution < 1.29 is 17.6 Å². The van der Waals surface area contributed by atoms with Crippen LogP contribution in [0.5, 0.6) is 0 Å². The quantitative estimate of drug-likeness (QED) is 0.412. The van der Waals surface area contributed by atoms with Gasteiger partial charge in [-0.3, -0.25) is 4.79 Å². The zero-order valence-corrected chi connectivity index (χ0v) is 18.8. The first-order valence-electron chi connectivity index (χ1n) is 9.84. The minimum absolute atomic E-state index is 0.0814. The molecule has 3 aromatic carbocycles. The van der Waals surface area contributed by atoms with Crippen LogP contribution in [0.4, 0.5) is 10.1 Å². The Morgan fingerprint density at radius 2 is 1.84 bits per heavy atom. The Hall–Kier alpha value is -3.16. The number of carbonyl (C=O) groups excluding carboxylic acids is 1. The van der Waals surface area contributed by atoms with Gasteiger partial charge in [-0.25, -0.2) is 12.8 Å². The molecule has 0 fully saturated rings. The molecule has 0 atom stereocenters. The molecule has 0 aliphatic carbocycles. The molecule has 5 nitrogen and oxygen atoms in total. The van der Waals surface area contributed by atoms with E-state index in [2.05, 4.69) is 5.32 Å². The number of hydrogen-bond donors (Lipinski definition) is 1. The number of nitrogens with zero attached hydrogens (tertiary/aromatic N) is 1. The summed E-state index contributed by atoms with van der Waals surface area (Å²) in [5.41, 5.74) is 2.43. The van der Waals surface area contributed by atoms with Crippen LogP contribution in [0.1, 0.15) is 11.1 Å². The van der Waals surface area contributed by atoms with E-state index in [0.717, 1.165) is 5.56 Å². The summed E-state index contributed by atoms with van der Waals surface area (Å²) < 4.78 is 41.4. The fourth-order valence-corrected chi connectivity index (χ4v) is 5.33. The van der Waals surface area contributed by atoms with Crippen LogP contribution in [0.2, 0.25) is 5.02 Å². The van der Waals surface area contributed by atoms with Gasteiger partial charge in [0.15, 0.2) is 9.84 Å². The van der Waals surface area contributed by atoms with Crippen molar-refractivity contribution in [3.05, 3.63) is 94.9 Å². The van der Waals surface area contributed by atoms with Crippen molar-refractivity contribution in [2.45, 2.75) is 24.1 Å². The lowest BCUT2D eigenvalue weighted by atomic mass is 10.2. The molecule has 1 aromatic heterocycles. The molecule has 32 heavy (non-hydrogen) atoms. The number of hydrogen-bond acceptors (Lipinski definition) is 3. The lowest BCUT2D eigenvalue weighted by Crippen LogP contribution is -2.18. The monoisotopic (exact) mass is 470 g/mol. The van der Waals surface area contributed by atoms with E-state index in [1.54, 1.807) is 53.1 Å². The molecular formula is C24H20ClFN2O3S. The van der Waals surface area contributed by atoms with Crippen LogP contribution in [-0.2, 0) is 26.9 Å². The molecule has 0 bridgehead atoms. The van der Waals surface area contributed by atoms with E-state index >= 15 is 0 Å². The third kappa shape index (κ3) is 4.69. The normalized spacial score (nSPS) is 11.6. The predicted octanol–water partition coefficient (Wildman–Crippen LogP) is 5.35.